The van der Waals surface area contributed by atoms with Crippen LogP contribution < -0.4 is 14.8 Å². The van der Waals surface area contributed by atoms with Gasteiger partial charge in [0.1, 0.15) is 5.69 Å². The molecule has 0 spiro atoms. The highest BCUT2D eigenvalue weighted by molar-refractivity contribution is 5.95. The number of halogens is 2. The summed E-state index contributed by atoms with van der Waals surface area (Å²) in [5.74, 6) is 0.634. The van der Waals surface area contributed by atoms with Gasteiger partial charge in [-0.25, -0.2) is 8.78 Å². The van der Waals surface area contributed by atoms with E-state index in [1.807, 2.05) is 13.8 Å². The van der Waals surface area contributed by atoms with Crippen LogP contribution >= 0.6 is 0 Å². The zero-order valence-corrected chi connectivity index (χ0v) is 15.3. The molecule has 0 saturated heterocycles. The molecule has 0 atom stereocenters. The molecule has 6 nitrogen and oxygen atoms in total. The van der Waals surface area contributed by atoms with Gasteiger partial charge < -0.3 is 14.8 Å². The van der Waals surface area contributed by atoms with E-state index in [2.05, 4.69) is 10.4 Å². The maximum Gasteiger partial charge on any atom is 0.280 e. The van der Waals surface area contributed by atoms with Crippen LogP contribution in [0.3, 0.4) is 0 Å². The van der Waals surface area contributed by atoms with Crippen LogP contribution in [0.15, 0.2) is 24.4 Å². The molecular weight excluding hydrogens is 344 g/mol. The average molecular weight is 367 g/mol. The monoisotopic (exact) mass is 367 g/mol. The first-order valence-corrected chi connectivity index (χ1v) is 8.20. The fourth-order valence-corrected chi connectivity index (χ4v) is 2.56. The number of alkyl halides is 2. The third-order valence-corrected chi connectivity index (χ3v) is 3.77. The number of carbonyl (C=O) groups excluding carboxylic acids is 1. The lowest BCUT2D eigenvalue weighted by molar-refractivity contribution is 0.0932. The summed E-state index contributed by atoms with van der Waals surface area (Å²) in [6.07, 6.45) is -1.59. The average Bonchev–Trinajstić information content (AvgIpc) is 3.02. The maximum atomic E-state index is 13.4. The minimum Gasteiger partial charge on any atom is -0.493 e. The van der Waals surface area contributed by atoms with Crippen molar-refractivity contribution in [1.82, 2.24) is 15.1 Å². The van der Waals surface area contributed by atoms with Gasteiger partial charge in [0.25, 0.3) is 12.3 Å². The summed E-state index contributed by atoms with van der Waals surface area (Å²) >= 11 is 0. The molecule has 142 valence electrons. The molecule has 0 bridgehead atoms. The van der Waals surface area contributed by atoms with E-state index >= 15 is 0 Å². The molecule has 1 heterocycles. The quantitative estimate of drug-likeness (QED) is 0.776. The van der Waals surface area contributed by atoms with Gasteiger partial charge in [-0.1, -0.05) is 19.9 Å². The van der Waals surface area contributed by atoms with E-state index in [9.17, 15) is 13.6 Å². The second-order valence-electron chi connectivity index (χ2n) is 6.19. The Morgan fingerprint density at radius 2 is 1.92 bits per heavy atom. The molecule has 0 radical (unpaired) electrons. The van der Waals surface area contributed by atoms with Crippen LogP contribution in [0.5, 0.6) is 11.5 Å². The van der Waals surface area contributed by atoms with Crippen molar-refractivity contribution in [2.75, 3.05) is 14.2 Å². The highest BCUT2D eigenvalue weighted by Gasteiger charge is 2.24. The Labute approximate surface area is 151 Å². The third kappa shape index (κ3) is 4.50. The number of benzene rings is 1. The molecule has 2 rings (SSSR count). The Morgan fingerprint density at radius 3 is 2.50 bits per heavy atom. The normalized spacial score (nSPS) is 11.1. The molecule has 0 aliphatic rings. The number of hydrogen-bond donors (Lipinski definition) is 1. The second kappa shape index (κ2) is 8.64. The lowest BCUT2D eigenvalue weighted by Gasteiger charge is -2.12. The van der Waals surface area contributed by atoms with E-state index in [1.165, 1.54) is 25.1 Å². The van der Waals surface area contributed by atoms with Gasteiger partial charge in [-0.05, 0) is 23.6 Å². The molecule has 1 aromatic carbocycles. The van der Waals surface area contributed by atoms with Crippen LogP contribution in [-0.4, -0.2) is 29.9 Å². The summed E-state index contributed by atoms with van der Waals surface area (Å²) in [6, 6.07) is 5.19. The van der Waals surface area contributed by atoms with Crippen molar-refractivity contribution in [2.45, 2.75) is 33.4 Å². The van der Waals surface area contributed by atoms with Crippen molar-refractivity contribution in [3.05, 3.63) is 41.2 Å². The number of aromatic nitrogens is 2. The van der Waals surface area contributed by atoms with Crippen molar-refractivity contribution >= 4 is 5.91 Å². The van der Waals surface area contributed by atoms with Gasteiger partial charge in [-0.3, -0.25) is 9.48 Å². The van der Waals surface area contributed by atoms with Crippen LogP contribution in [0.25, 0.3) is 0 Å². The number of ether oxygens (including phenoxy) is 2. The summed E-state index contributed by atoms with van der Waals surface area (Å²) in [4.78, 5) is 12.4. The molecule has 0 aliphatic carbocycles. The Kier molecular flexibility index (Phi) is 6.54. The zero-order valence-electron chi connectivity index (χ0n) is 15.3. The molecule has 26 heavy (non-hydrogen) atoms. The van der Waals surface area contributed by atoms with Crippen molar-refractivity contribution in [1.29, 1.82) is 0 Å². The Bertz CT molecular complexity index is 760. The third-order valence-electron chi connectivity index (χ3n) is 3.77. The maximum absolute atomic E-state index is 13.4. The number of nitrogens with one attached hydrogen (secondary N) is 1. The van der Waals surface area contributed by atoms with Crippen molar-refractivity contribution in [2.24, 2.45) is 5.92 Å². The number of hydrogen-bond acceptors (Lipinski definition) is 4. The summed E-state index contributed by atoms with van der Waals surface area (Å²) in [7, 11) is 3.04. The van der Waals surface area contributed by atoms with E-state index < -0.39 is 12.3 Å². The number of rotatable bonds is 8. The minimum absolute atomic E-state index is 0.110. The largest absolute Gasteiger partial charge is 0.493 e. The lowest BCUT2D eigenvalue weighted by Crippen LogP contribution is -2.24. The highest BCUT2D eigenvalue weighted by atomic mass is 19.3. The number of carbonyl (C=O) groups is 1. The molecule has 0 aliphatic heterocycles. The van der Waals surface area contributed by atoms with Crippen molar-refractivity contribution in [3.8, 4) is 11.5 Å². The van der Waals surface area contributed by atoms with E-state index in [-0.39, 0.29) is 23.7 Å². The standard InChI is InChI=1S/C18H23F2N3O3/c1-11(2)10-23-16(17(19)20)13(9-22-23)18(24)21-8-12-5-6-14(25-3)15(7-12)26-4/h5-7,9,11,17H,8,10H2,1-4H3,(H,21,24). The first kappa shape index (κ1) is 19.7. The van der Waals surface area contributed by atoms with Gasteiger partial charge in [0, 0.05) is 13.1 Å². The molecule has 1 amide bonds. The fourth-order valence-electron chi connectivity index (χ4n) is 2.56. The number of methoxy groups -OCH3 is 2. The van der Waals surface area contributed by atoms with Crippen molar-refractivity contribution in [3.63, 3.8) is 0 Å². The first-order chi connectivity index (χ1) is 12.4. The van der Waals surface area contributed by atoms with Gasteiger partial charge in [-0.15, -0.1) is 0 Å². The lowest BCUT2D eigenvalue weighted by atomic mass is 10.1. The van der Waals surface area contributed by atoms with Gasteiger partial charge in [0.05, 0.1) is 26.0 Å². The molecule has 1 N–H and O–H groups in total. The van der Waals surface area contributed by atoms with Crippen molar-refractivity contribution < 1.29 is 23.0 Å². The van der Waals surface area contributed by atoms with Crippen LogP contribution in [0.1, 0.15) is 41.9 Å². The predicted molar refractivity (Wildman–Crippen MR) is 92.7 cm³/mol. The Morgan fingerprint density at radius 1 is 1.23 bits per heavy atom. The molecule has 0 saturated carbocycles. The van der Waals surface area contributed by atoms with Gasteiger partial charge in [-0.2, -0.15) is 5.10 Å². The summed E-state index contributed by atoms with van der Waals surface area (Å²) in [6.45, 7) is 4.28. The molecule has 8 heteroatoms. The van der Waals surface area contributed by atoms with E-state index in [4.69, 9.17) is 9.47 Å². The predicted octanol–water partition coefficient (Wildman–Crippen LogP) is 3.42. The first-order valence-electron chi connectivity index (χ1n) is 8.20. The van der Waals surface area contributed by atoms with E-state index in [1.54, 1.807) is 18.2 Å². The zero-order chi connectivity index (χ0) is 19.3. The number of nitrogens with zero attached hydrogens (tertiary/aromatic N) is 2. The molecular formula is C18H23F2N3O3. The van der Waals surface area contributed by atoms with Crippen LogP contribution in [-0.2, 0) is 13.1 Å². The second-order valence-corrected chi connectivity index (χ2v) is 6.19. The highest BCUT2D eigenvalue weighted by Crippen LogP contribution is 2.28. The van der Waals surface area contributed by atoms with Crippen LogP contribution in [0.4, 0.5) is 8.78 Å². The molecule has 0 fully saturated rings. The van der Waals surface area contributed by atoms with Gasteiger partial charge >= 0.3 is 0 Å². The van der Waals surface area contributed by atoms with Gasteiger partial charge in [0.2, 0.25) is 0 Å². The van der Waals surface area contributed by atoms with E-state index in [0.717, 1.165) is 5.56 Å². The minimum atomic E-state index is -2.78. The molecule has 2 aromatic rings. The number of amides is 1. The topological polar surface area (TPSA) is 65.4 Å². The van der Waals surface area contributed by atoms with Crippen LogP contribution in [0.2, 0.25) is 0 Å². The van der Waals surface area contributed by atoms with Gasteiger partial charge in [0.15, 0.2) is 11.5 Å². The Balaban J connectivity index is 2.14. The molecule has 1 aromatic heterocycles. The summed E-state index contributed by atoms with van der Waals surface area (Å²) in [5.41, 5.74) is 0.286. The summed E-state index contributed by atoms with van der Waals surface area (Å²) in [5, 5.41) is 6.59. The van der Waals surface area contributed by atoms with E-state index in [0.29, 0.717) is 18.0 Å². The Hall–Kier alpha value is -2.64. The molecule has 0 unspecified atom stereocenters. The fraction of sp³-hybridized carbons (Fsp3) is 0.444. The summed E-state index contributed by atoms with van der Waals surface area (Å²) < 4.78 is 38.4. The van der Waals surface area contributed by atoms with Crippen LogP contribution in [0, 0.1) is 5.92 Å². The smallest absolute Gasteiger partial charge is 0.280 e. The SMILES string of the molecule is COc1ccc(CNC(=O)c2cnn(CC(C)C)c2C(F)F)cc1OC.